The predicted molar refractivity (Wildman–Crippen MR) is 210 cm³/mol. The first-order chi connectivity index (χ1) is 22.9. The Morgan fingerprint density at radius 3 is 2.54 bits per heavy atom. The van der Waals surface area contributed by atoms with Crippen LogP contribution in [-0.2, 0) is 15.5 Å². The number of halogens is 2. The number of amides is 1. The predicted octanol–water partition coefficient (Wildman–Crippen LogP) is 9.65. The summed E-state index contributed by atoms with van der Waals surface area (Å²) in [6.45, 7) is 16.2. The SMILES string of the molecule is CC.Cc1cc(NPI)c(C=N)c(-c2c(-c3ccc4nn(CCOS)cc4c3)nn(C3CC4(C3)CN(C(=O)OC(C)(C)C)C4)c2C)c1Cl. The van der Waals surface area contributed by atoms with Crippen molar-refractivity contribution in [1.29, 1.82) is 5.41 Å². The summed E-state index contributed by atoms with van der Waals surface area (Å²) < 4.78 is 14.5. The monoisotopic (exact) mass is 823 g/mol. The summed E-state index contributed by atoms with van der Waals surface area (Å²) in [5.41, 5.74) is 7.49. The van der Waals surface area contributed by atoms with Crippen molar-refractivity contribution in [3.05, 3.63) is 52.3 Å². The van der Waals surface area contributed by atoms with Crippen molar-refractivity contribution in [2.45, 2.75) is 79.5 Å². The van der Waals surface area contributed by atoms with Crippen molar-refractivity contribution in [2.75, 3.05) is 24.8 Å². The molecule has 10 nitrogen and oxygen atoms in total. The summed E-state index contributed by atoms with van der Waals surface area (Å²) in [6, 6.07) is 8.37. The van der Waals surface area contributed by atoms with Gasteiger partial charge < -0.3 is 24.3 Å². The topological polar surface area (TPSA) is 110 Å². The number of carbonyl (C=O) groups excluding carboxylic acids is 1. The number of likely N-dealkylation sites (tertiary alicyclic amines) is 1. The molecule has 0 radical (unpaired) electrons. The molecular weight excluding hydrogens is 780 g/mol. The Morgan fingerprint density at radius 2 is 1.92 bits per heavy atom. The molecule has 0 bridgehead atoms. The van der Waals surface area contributed by atoms with E-state index in [0.29, 0.717) is 37.6 Å². The van der Waals surface area contributed by atoms with Gasteiger partial charge in [0.1, 0.15) is 11.3 Å². The average Bonchev–Trinajstić information content (AvgIpc) is 3.56. The van der Waals surface area contributed by atoms with Crippen LogP contribution >= 0.6 is 52.9 Å². The van der Waals surface area contributed by atoms with Crippen molar-refractivity contribution in [3.63, 3.8) is 0 Å². The average molecular weight is 824 g/mol. The van der Waals surface area contributed by atoms with Gasteiger partial charge in [-0.3, -0.25) is 9.36 Å². The summed E-state index contributed by atoms with van der Waals surface area (Å²) in [5.74, 6) is 0. The molecule has 1 saturated carbocycles. The number of benzene rings is 2. The van der Waals surface area contributed by atoms with Crippen LogP contribution in [0, 0.1) is 24.7 Å². The molecule has 2 fully saturated rings. The number of anilines is 1. The minimum absolute atomic E-state index is 0.0872. The van der Waals surface area contributed by atoms with Crippen LogP contribution in [0.5, 0.6) is 0 Å². The van der Waals surface area contributed by atoms with Gasteiger partial charge in [0.2, 0.25) is 0 Å². The number of aryl methyl sites for hydroxylation is 1. The van der Waals surface area contributed by atoms with Gasteiger partial charge in [-0.1, -0.05) is 31.5 Å². The van der Waals surface area contributed by atoms with E-state index >= 15 is 0 Å². The number of nitrogens with one attached hydrogen (secondary N) is 2. The molecule has 1 aliphatic heterocycles. The van der Waals surface area contributed by atoms with Crippen LogP contribution in [0.2, 0.25) is 5.02 Å². The van der Waals surface area contributed by atoms with Crippen LogP contribution in [0.4, 0.5) is 10.5 Å². The second-order valence-corrected chi connectivity index (χ2v) is 16.1. The van der Waals surface area contributed by atoms with Crippen molar-refractivity contribution in [1.82, 2.24) is 24.5 Å². The van der Waals surface area contributed by atoms with Crippen molar-refractivity contribution in [3.8, 4) is 22.4 Å². The molecule has 2 aromatic heterocycles. The van der Waals surface area contributed by atoms with E-state index in [2.05, 4.69) is 68.9 Å². The van der Waals surface area contributed by atoms with Crippen molar-refractivity contribution < 1.29 is 13.7 Å². The molecule has 1 atom stereocenters. The van der Waals surface area contributed by atoms with Gasteiger partial charge in [-0.05, 0) is 106 Å². The zero-order valence-electron chi connectivity index (χ0n) is 28.4. The Hall–Kier alpha value is -2.38. The maximum absolute atomic E-state index is 12.6. The first-order valence-electron chi connectivity index (χ1n) is 16.1. The number of nitrogens with zero attached hydrogens (tertiary/aromatic N) is 5. The highest BCUT2D eigenvalue weighted by Crippen LogP contribution is 2.55. The maximum atomic E-state index is 12.6. The Morgan fingerprint density at radius 1 is 1.21 bits per heavy atom. The number of aromatic nitrogens is 4. The molecule has 3 heterocycles. The number of thiol groups is 1. The Labute approximate surface area is 308 Å². The number of hydrogen-bond acceptors (Lipinski definition) is 8. The second kappa shape index (κ2) is 14.8. The van der Waals surface area contributed by atoms with Crippen molar-refractivity contribution in [2.24, 2.45) is 5.41 Å². The van der Waals surface area contributed by atoms with E-state index in [1.807, 2.05) is 64.6 Å². The molecule has 48 heavy (non-hydrogen) atoms. The molecule has 2 aromatic carbocycles. The van der Waals surface area contributed by atoms with E-state index in [4.69, 9.17) is 31.0 Å². The zero-order valence-corrected chi connectivity index (χ0v) is 33.3. The standard InChI is InChI=1S/C32H38ClIN7O3PS.C2H6/c1-18-10-25(38-45-34)23(14-35)27(28(18)33)26-19(2)41(22-12-32(13-22)16-39(17-32)30(42)44-31(3,4)5)37-29(26)20-6-7-24-21(11-20)15-40(36-24)8-9-43-46;1-2/h6-7,10-11,14-15,22,35,38,45-46H,8-9,12-13,16-17H2,1-5H3;1-2H3. The number of rotatable bonds is 9. The number of ether oxygens (including phenoxy) is 1. The van der Waals surface area contributed by atoms with E-state index in [1.54, 1.807) is 4.90 Å². The molecule has 1 aliphatic carbocycles. The largest absolute Gasteiger partial charge is 0.444 e. The molecular formula is C34H44ClIN7O3PS. The van der Waals surface area contributed by atoms with Gasteiger partial charge in [0.15, 0.2) is 0 Å². The summed E-state index contributed by atoms with van der Waals surface area (Å²) in [5, 5.41) is 23.5. The lowest BCUT2D eigenvalue weighted by Crippen LogP contribution is -2.64. The van der Waals surface area contributed by atoms with Gasteiger partial charge in [-0.25, -0.2) is 4.79 Å². The lowest BCUT2D eigenvalue weighted by atomic mass is 9.61. The molecule has 4 aromatic rings. The van der Waals surface area contributed by atoms with Gasteiger partial charge in [0.05, 0.1) is 29.7 Å². The first-order valence-corrected chi connectivity index (χ1v) is 21.0. The quantitative estimate of drug-likeness (QED) is 0.0510. The molecule has 1 saturated heterocycles. The van der Waals surface area contributed by atoms with E-state index in [1.165, 1.54) is 6.21 Å². The van der Waals surface area contributed by atoms with Gasteiger partial charge in [-0.15, -0.1) is 0 Å². The van der Waals surface area contributed by atoms with E-state index in [0.717, 1.165) is 68.6 Å². The fourth-order valence-corrected chi connectivity index (χ4v) is 8.31. The van der Waals surface area contributed by atoms with Crippen molar-refractivity contribution >= 4 is 81.8 Å². The highest BCUT2D eigenvalue weighted by atomic mass is 127. The van der Waals surface area contributed by atoms with E-state index < -0.39 is 5.60 Å². The molecule has 14 heteroatoms. The molecule has 2 N–H and O–H groups in total. The van der Waals surface area contributed by atoms with Crippen LogP contribution in [0.3, 0.4) is 0 Å². The Kier molecular flexibility index (Phi) is 11.4. The fourth-order valence-electron chi connectivity index (χ4n) is 6.79. The number of hydrogen-bond donors (Lipinski definition) is 3. The normalized spacial score (nSPS) is 15.8. The van der Waals surface area contributed by atoms with E-state index in [-0.39, 0.29) is 17.6 Å². The van der Waals surface area contributed by atoms with Crippen LogP contribution in [0.1, 0.15) is 70.3 Å². The molecule has 1 amide bonds. The van der Waals surface area contributed by atoms with Gasteiger partial charge in [0, 0.05) is 76.3 Å². The second-order valence-electron chi connectivity index (χ2n) is 13.4. The van der Waals surface area contributed by atoms with Gasteiger partial charge in [-0.2, -0.15) is 10.2 Å². The third kappa shape index (κ3) is 7.24. The van der Waals surface area contributed by atoms with Crippen LogP contribution in [0.15, 0.2) is 30.5 Å². The summed E-state index contributed by atoms with van der Waals surface area (Å²) in [7, 11) is 0. The fraction of sp³-hybridized carbons (Fsp3) is 0.471. The zero-order chi connectivity index (χ0) is 35.0. The molecule has 258 valence electrons. The van der Waals surface area contributed by atoms with Crippen LogP contribution < -0.4 is 5.09 Å². The van der Waals surface area contributed by atoms with Gasteiger partial charge in [0.25, 0.3) is 0 Å². The lowest BCUT2D eigenvalue weighted by Gasteiger charge is -2.58. The Bertz CT molecular complexity index is 1830. The third-order valence-corrected chi connectivity index (χ3v) is 10.7. The number of carbonyl (C=O) groups is 1. The summed E-state index contributed by atoms with van der Waals surface area (Å²) in [6.07, 6.45) is 5.43. The minimum atomic E-state index is -0.511. The number of fused-ring (bicyclic) bond motifs is 1. The third-order valence-electron chi connectivity index (χ3n) is 8.84. The minimum Gasteiger partial charge on any atom is -0.444 e. The first kappa shape index (κ1) is 36.9. The molecule has 6 rings (SSSR count). The van der Waals surface area contributed by atoms with E-state index in [9.17, 15) is 4.79 Å². The van der Waals surface area contributed by atoms with Crippen LogP contribution in [-0.4, -0.2) is 62.1 Å². The Balaban J connectivity index is 0.00000221. The highest BCUT2D eigenvalue weighted by molar-refractivity contribution is 14.2. The smallest absolute Gasteiger partial charge is 0.410 e. The highest BCUT2D eigenvalue weighted by Gasteiger charge is 2.55. The summed E-state index contributed by atoms with van der Waals surface area (Å²) >= 11 is 13.3. The summed E-state index contributed by atoms with van der Waals surface area (Å²) in [4.78, 5) is 14.4. The molecule has 1 spiro atoms. The molecule has 1 unspecified atom stereocenters. The van der Waals surface area contributed by atoms with Crippen LogP contribution in [0.25, 0.3) is 33.3 Å². The maximum Gasteiger partial charge on any atom is 0.410 e. The van der Waals surface area contributed by atoms with Gasteiger partial charge >= 0.3 is 6.09 Å². The molecule has 2 aliphatic rings. The lowest BCUT2D eigenvalue weighted by molar-refractivity contribution is -0.0930.